The average molecular weight is 625 g/mol. The minimum atomic E-state index is 0.454. The first-order chi connectivity index (χ1) is 24.2. The van der Waals surface area contributed by atoms with Crippen molar-refractivity contribution in [1.82, 2.24) is 4.57 Å². The third-order valence-electron chi connectivity index (χ3n) is 9.75. The Morgan fingerprint density at radius 1 is 0.469 bits per heavy atom. The average Bonchev–Trinajstić information content (AvgIpc) is 3.51. The van der Waals surface area contributed by atoms with E-state index < -0.39 is 0 Å². The van der Waals surface area contributed by atoms with Gasteiger partial charge < -0.3 is 9.98 Å². The highest BCUT2D eigenvalue weighted by Crippen LogP contribution is 2.41. The van der Waals surface area contributed by atoms with Crippen molar-refractivity contribution >= 4 is 65.4 Å². The molecule has 230 valence electrons. The fraction of sp³-hybridized carbons (Fsp3) is 0. The van der Waals surface area contributed by atoms with Gasteiger partial charge in [-0.2, -0.15) is 0 Å². The topological polar surface area (TPSA) is 28.8 Å². The molecular formula is C47H32N2. The van der Waals surface area contributed by atoms with Crippen LogP contribution in [0, 0.1) is 5.41 Å². The minimum absolute atomic E-state index is 0.454. The van der Waals surface area contributed by atoms with Crippen LogP contribution in [-0.4, -0.2) is 10.3 Å². The van der Waals surface area contributed by atoms with Gasteiger partial charge in [-0.1, -0.05) is 164 Å². The highest BCUT2D eigenvalue weighted by molar-refractivity contribution is 6.28. The molecule has 8 aromatic carbocycles. The van der Waals surface area contributed by atoms with E-state index in [0.717, 1.165) is 49.4 Å². The van der Waals surface area contributed by atoms with Crippen LogP contribution < -0.4 is 0 Å². The number of rotatable bonds is 6. The van der Waals surface area contributed by atoms with Crippen LogP contribution in [0.4, 0.5) is 0 Å². The molecule has 0 fully saturated rings. The van der Waals surface area contributed by atoms with E-state index in [9.17, 15) is 5.41 Å². The molecule has 0 aliphatic carbocycles. The lowest BCUT2D eigenvalue weighted by molar-refractivity contribution is 1.18. The monoisotopic (exact) mass is 624 g/mol. The van der Waals surface area contributed by atoms with Crippen LogP contribution in [0.25, 0.3) is 76.5 Å². The summed E-state index contributed by atoms with van der Waals surface area (Å²) in [5, 5.41) is 18.7. The summed E-state index contributed by atoms with van der Waals surface area (Å²) in [6.45, 7) is 4.59. The molecule has 0 spiro atoms. The van der Waals surface area contributed by atoms with Crippen LogP contribution in [0.3, 0.4) is 0 Å². The summed E-state index contributed by atoms with van der Waals surface area (Å²) >= 11 is 0. The summed E-state index contributed by atoms with van der Waals surface area (Å²) < 4.78 is 2.38. The molecule has 0 saturated carbocycles. The Labute approximate surface area is 285 Å². The lowest BCUT2D eigenvalue weighted by Gasteiger charge is -2.17. The number of nitrogens with one attached hydrogen (secondary N) is 1. The Bertz CT molecular complexity index is 2730. The summed E-state index contributed by atoms with van der Waals surface area (Å²) in [6, 6.07) is 57.6. The van der Waals surface area contributed by atoms with E-state index in [0.29, 0.717) is 5.71 Å². The molecule has 0 unspecified atom stereocenters. The van der Waals surface area contributed by atoms with Gasteiger partial charge in [0.25, 0.3) is 0 Å². The third kappa shape index (κ3) is 4.61. The van der Waals surface area contributed by atoms with Gasteiger partial charge in [-0.25, -0.2) is 0 Å². The molecule has 9 aromatic rings. The molecule has 1 N–H and O–H groups in total. The lowest BCUT2D eigenvalue weighted by Crippen LogP contribution is -2.00. The van der Waals surface area contributed by atoms with Gasteiger partial charge in [-0.05, 0) is 61.8 Å². The van der Waals surface area contributed by atoms with E-state index in [2.05, 4.69) is 175 Å². The SMILES string of the molecule is C=C(/C=C\C(=N)c1c2ccccc2c(-c2ccccc2)c2ccccc12)c1cccc2c3ccc4ccccc4c3n(-c3ccccc3)c12. The molecule has 0 aliphatic rings. The molecule has 9 rings (SSSR count). The third-order valence-corrected chi connectivity index (χ3v) is 9.75. The number of benzene rings is 8. The van der Waals surface area contributed by atoms with Crippen molar-refractivity contribution in [2.45, 2.75) is 0 Å². The molecule has 2 nitrogen and oxygen atoms in total. The van der Waals surface area contributed by atoms with Crippen LogP contribution in [0.5, 0.6) is 0 Å². The van der Waals surface area contributed by atoms with Crippen LogP contribution in [0.2, 0.25) is 0 Å². The number of hydrogen-bond acceptors (Lipinski definition) is 1. The minimum Gasteiger partial charge on any atom is -0.308 e. The summed E-state index contributed by atoms with van der Waals surface area (Å²) in [7, 11) is 0. The molecule has 0 radical (unpaired) electrons. The van der Waals surface area contributed by atoms with E-state index in [1.165, 1.54) is 38.2 Å². The predicted octanol–water partition coefficient (Wildman–Crippen LogP) is 12.5. The van der Waals surface area contributed by atoms with Gasteiger partial charge in [0.1, 0.15) is 0 Å². The number of hydrogen-bond donors (Lipinski definition) is 1. The van der Waals surface area contributed by atoms with Gasteiger partial charge in [0.15, 0.2) is 0 Å². The number of fused-ring (bicyclic) bond motifs is 7. The maximum atomic E-state index is 9.51. The van der Waals surface area contributed by atoms with Crippen molar-refractivity contribution in [3.63, 3.8) is 0 Å². The first kappa shape index (κ1) is 28.7. The molecule has 1 heterocycles. The molecule has 2 heteroatoms. The van der Waals surface area contributed by atoms with Gasteiger partial charge in [0, 0.05) is 33.0 Å². The van der Waals surface area contributed by atoms with E-state index in [1.54, 1.807) is 0 Å². The number of allylic oxidation sites excluding steroid dienone is 3. The van der Waals surface area contributed by atoms with Gasteiger partial charge in [-0.15, -0.1) is 0 Å². The van der Waals surface area contributed by atoms with Gasteiger partial charge in [-0.3, -0.25) is 0 Å². The summed E-state index contributed by atoms with van der Waals surface area (Å²) in [5.41, 5.74) is 9.06. The highest BCUT2D eigenvalue weighted by Gasteiger charge is 2.19. The second kappa shape index (κ2) is 11.6. The van der Waals surface area contributed by atoms with Gasteiger partial charge in [0.05, 0.1) is 16.7 Å². The predicted molar refractivity (Wildman–Crippen MR) is 210 cm³/mol. The lowest BCUT2D eigenvalue weighted by atomic mass is 9.86. The fourth-order valence-electron chi connectivity index (χ4n) is 7.61. The van der Waals surface area contributed by atoms with Crippen LogP contribution in [0.1, 0.15) is 11.1 Å². The summed E-state index contributed by atoms with van der Waals surface area (Å²) in [5.74, 6) is 0. The van der Waals surface area contributed by atoms with Crippen LogP contribution in [0.15, 0.2) is 183 Å². The molecule has 0 saturated heterocycles. The van der Waals surface area contributed by atoms with E-state index in [4.69, 9.17) is 0 Å². The van der Waals surface area contributed by atoms with E-state index >= 15 is 0 Å². The molecular weight excluding hydrogens is 593 g/mol. The Morgan fingerprint density at radius 2 is 1.02 bits per heavy atom. The van der Waals surface area contributed by atoms with Crippen molar-refractivity contribution < 1.29 is 0 Å². The standard InChI is InChI=1S/C47H32N2/c1-31(27-30-43(48)45-39-23-12-10-21-37(39)44(33-16-4-2-5-17-33)38-22-11-13-24-40(38)45)35-25-14-26-41-42-29-28-32-15-8-9-20-36(32)47(42)49(46(35)41)34-18-6-3-7-19-34/h2-30,48H,1H2/b30-27-,48-43?. The number of aromatic nitrogens is 1. The van der Waals surface area contributed by atoms with Crippen LogP contribution in [-0.2, 0) is 0 Å². The van der Waals surface area contributed by atoms with Gasteiger partial charge in [0.2, 0.25) is 0 Å². The smallest absolute Gasteiger partial charge is 0.0624 e. The van der Waals surface area contributed by atoms with Crippen molar-refractivity contribution in [2.75, 3.05) is 0 Å². The first-order valence-corrected chi connectivity index (χ1v) is 16.6. The Hall–Kier alpha value is -6.51. The van der Waals surface area contributed by atoms with Crippen molar-refractivity contribution in [2.24, 2.45) is 0 Å². The summed E-state index contributed by atoms with van der Waals surface area (Å²) in [6.07, 6.45) is 3.93. The molecule has 1 aromatic heterocycles. The normalized spacial score (nSPS) is 11.8. The molecule has 0 aliphatic heterocycles. The zero-order valence-electron chi connectivity index (χ0n) is 26.9. The zero-order chi connectivity index (χ0) is 32.9. The Balaban J connectivity index is 1.22. The largest absolute Gasteiger partial charge is 0.308 e. The van der Waals surface area contributed by atoms with Gasteiger partial charge >= 0.3 is 0 Å². The summed E-state index contributed by atoms with van der Waals surface area (Å²) in [4.78, 5) is 0. The molecule has 49 heavy (non-hydrogen) atoms. The van der Waals surface area contributed by atoms with Crippen molar-refractivity contribution in [3.8, 4) is 16.8 Å². The zero-order valence-corrected chi connectivity index (χ0v) is 26.9. The first-order valence-electron chi connectivity index (χ1n) is 16.6. The fourth-order valence-corrected chi connectivity index (χ4v) is 7.61. The van der Waals surface area contributed by atoms with Crippen molar-refractivity contribution in [3.05, 3.63) is 194 Å². The molecule has 0 atom stereocenters. The number of nitrogens with zero attached hydrogens (tertiary/aromatic N) is 1. The highest BCUT2D eigenvalue weighted by atomic mass is 15.0. The molecule has 0 amide bonds. The maximum Gasteiger partial charge on any atom is 0.0624 e. The second-order valence-corrected chi connectivity index (χ2v) is 12.5. The maximum absolute atomic E-state index is 9.51. The molecule has 0 bridgehead atoms. The quantitative estimate of drug-likeness (QED) is 0.108. The van der Waals surface area contributed by atoms with E-state index in [-0.39, 0.29) is 0 Å². The van der Waals surface area contributed by atoms with E-state index in [1.807, 2.05) is 12.2 Å². The van der Waals surface area contributed by atoms with Crippen molar-refractivity contribution in [1.29, 1.82) is 5.41 Å². The van der Waals surface area contributed by atoms with Crippen LogP contribution >= 0.6 is 0 Å². The second-order valence-electron chi connectivity index (χ2n) is 12.5. The Kier molecular flexibility index (Phi) is 6.81. The number of para-hydroxylation sites is 2. The Morgan fingerprint density at radius 3 is 1.71 bits per heavy atom.